The van der Waals surface area contributed by atoms with Gasteiger partial charge in [-0.15, -0.1) is 0 Å². The van der Waals surface area contributed by atoms with Crippen LogP contribution in [0.1, 0.15) is 21.5 Å². The number of amides is 2. The summed E-state index contributed by atoms with van der Waals surface area (Å²) in [4.78, 5) is 25.4. The van der Waals surface area contributed by atoms with Crippen LogP contribution in [0.3, 0.4) is 0 Å². The van der Waals surface area contributed by atoms with E-state index in [0.717, 1.165) is 11.1 Å². The molecule has 0 aliphatic rings. The van der Waals surface area contributed by atoms with Gasteiger partial charge in [-0.3, -0.25) is 9.59 Å². The van der Waals surface area contributed by atoms with Gasteiger partial charge in [-0.2, -0.15) is 0 Å². The Balaban J connectivity index is 1.80. The van der Waals surface area contributed by atoms with E-state index in [1.54, 1.807) is 49.6 Å². The van der Waals surface area contributed by atoms with Crippen LogP contribution in [0.15, 0.2) is 90.6 Å². The van der Waals surface area contributed by atoms with Gasteiger partial charge in [0, 0.05) is 12.1 Å². The summed E-state index contributed by atoms with van der Waals surface area (Å²) in [7, 11) is 1.59. The average molecular weight is 386 g/mol. The van der Waals surface area contributed by atoms with Gasteiger partial charge in [-0.05, 0) is 41.5 Å². The van der Waals surface area contributed by atoms with Crippen molar-refractivity contribution in [3.63, 3.8) is 0 Å². The molecule has 2 amide bonds. The van der Waals surface area contributed by atoms with Gasteiger partial charge in [0.1, 0.15) is 11.4 Å². The lowest BCUT2D eigenvalue weighted by molar-refractivity contribution is -0.117. The number of methoxy groups -OCH3 is 1. The Morgan fingerprint density at radius 2 is 1.48 bits per heavy atom. The molecule has 0 saturated heterocycles. The molecule has 0 unspecified atom stereocenters. The van der Waals surface area contributed by atoms with Gasteiger partial charge >= 0.3 is 0 Å². The van der Waals surface area contributed by atoms with E-state index in [1.807, 2.05) is 48.5 Å². The fourth-order valence-electron chi connectivity index (χ4n) is 2.68. The van der Waals surface area contributed by atoms with Crippen molar-refractivity contribution in [3.05, 3.63) is 107 Å². The minimum atomic E-state index is -0.367. The van der Waals surface area contributed by atoms with Crippen molar-refractivity contribution in [3.8, 4) is 5.75 Å². The van der Waals surface area contributed by atoms with Crippen LogP contribution in [-0.2, 0) is 11.3 Å². The standard InChI is InChI=1S/C24H22N2O3/c1-29-21-14-12-18(13-15-21)16-22(26-23(27)20-10-6-3-7-11-20)24(28)25-17-19-8-4-2-5-9-19/h2-16H,17H2,1H3,(H,25,28)(H,26,27). The van der Waals surface area contributed by atoms with E-state index >= 15 is 0 Å². The quantitative estimate of drug-likeness (QED) is 0.607. The van der Waals surface area contributed by atoms with Gasteiger partial charge in [-0.1, -0.05) is 60.7 Å². The van der Waals surface area contributed by atoms with Crippen LogP contribution in [0, 0.1) is 0 Å². The molecule has 0 bridgehead atoms. The van der Waals surface area contributed by atoms with Crippen LogP contribution in [0.2, 0.25) is 0 Å². The summed E-state index contributed by atoms with van der Waals surface area (Å²) in [5.41, 5.74) is 2.38. The number of carbonyl (C=O) groups is 2. The molecule has 5 nitrogen and oxygen atoms in total. The molecule has 29 heavy (non-hydrogen) atoms. The van der Waals surface area contributed by atoms with E-state index in [2.05, 4.69) is 10.6 Å². The molecule has 0 saturated carbocycles. The fourth-order valence-corrected chi connectivity index (χ4v) is 2.68. The van der Waals surface area contributed by atoms with Crippen LogP contribution < -0.4 is 15.4 Å². The summed E-state index contributed by atoms with van der Waals surface area (Å²) in [6, 6.07) is 25.6. The Kier molecular flexibility index (Phi) is 6.79. The highest BCUT2D eigenvalue weighted by Crippen LogP contribution is 2.14. The molecule has 146 valence electrons. The van der Waals surface area contributed by atoms with Crippen LogP contribution >= 0.6 is 0 Å². The SMILES string of the molecule is COc1ccc(C=C(NC(=O)c2ccccc2)C(=O)NCc2ccccc2)cc1. The lowest BCUT2D eigenvalue weighted by atomic mass is 10.1. The zero-order chi connectivity index (χ0) is 20.5. The summed E-state index contributed by atoms with van der Waals surface area (Å²) in [6.45, 7) is 0.362. The molecule has 0 heterocycles. The van der Waals surface area contributed by atoms with Crippen LogP contribution in [0.5, 0.6) is 5.75 Å². The van der Waals surface area contributed by atoms with E-state index < -0.39 is 0 Å². The number of hydrogen-bond donors (Lipinski definition) is 2. The van der Waals surface area contributed by atoms with Crippen molar-refractivity contribution in [2.45, 2.75) is 6.54 Å². The molecule has 3 rings (SSSR count). The second kappa shape index (κ2) is 9.90. The normalized spacial score (nSPS) is 10.9. The molecule has 5 heteroatoms. The molecule has 0 fully saturated rings. The van der Waals surface area contributed by atoms with Crippen molar-refractivity contribution in [1.82, 2.24) is 10.6 Å². The first-order valence-corrected chi connectivity index (χ1v) is 9.20. The van der Waals surface area contributed by atoms with Gasteiger partial charge in [-0.25, -0.2) is 0 Å². The van der Waals surface area contributed by atoms with Crippen LogP contribution in [0.25, 0.3) is 6.08 Å². The summed E-state index contributed by atoms with van der Waals surface area (Å²) in [5, 5.41) is 5.58. The highest BCUT2D eigenvalue weighted by atomic mass is 16.5. The van der Waals surface area contributed by atoms with Crippen molar-refractivity contribution >= 4 is 17.9 Å². The Morgan fingerprint density at radius 3 is 2.10 bits per heavy atom. The first-order valence-electron chi connectivity index (χ1n) is 9.20. The molecule has 3 aromatic rings. The second-order valence-corrected chi connectivity index (χ2v) is 6.32. The lowest BCUT2D eigenvalue weighted by Crippen LogP contribution is -2.34. The smallest absolute Gasteiger partial charge is 0.268 e. The van der Waals surface area contributed by atoms with Crippen molar-refractivity contribution in [2.24, 2.45) is 0 Å². The Bertz CT molecular complexity index is 982. The maximum atomic E-state index is 12.8. The number of rotatable bonds is 7. The summed E-state index contributed by atoms with van der Waals surface area (Å²) in [6.07, 6.45) is 1.64. The molecule has 2 N–H and O–H groups in total. The van der Waals surface area contributed by atoms with Crippen LogP contribution in [-0.4, -0.2) is 18.9 Å². The number of hydrogen-bond acceptors (Lipinski definition) is 3. The van der Waals surface area contributed by atoms with Gasteiger partial charge in [0.05, 0.1) is 7.11 Å². The average Bonchev–Trinajstić information content (AvgIpc) is 2.78. The third kappa shape index (κ3) is 5.81. The van der Waals surface area contributed by atoms with Crippen LogP contribution in [0.4, 0.5) is 0 Å². The maximum absolute atomic E-state index is 12.8. The van der Waals surface area contributed by atoms with Crippen molar-refractivity contribution in [1.29, 1.82) is 0 Å². The lowest BCUT2D eigenvalue weighted by Gasteiger charge is -2.11. The van der Waals surface area contributed by atoms with E-state index in [9.17, 15) is 9.59 Å². The van der Waals surface area contributed by atoms with Gasteiger partial charge in [0.2, 0.25) is 0 Å². The van der Waals surface area contributed by atoms with Crippen molar-refractivity contribution in [2.75, 3.05) is 7.11 Å². The minimum Gasteiger partial charge on any atom is -0.497 e. The molecule has 3 aromatic carbocycles. The van der Waals surface area contributed by atoms with Gasteiger partial charge in [0.25, 0.3) is 11.8 Å². The molecule has 0 spiro atoms. The predicted octanol–water partition coefficient (Wildman–Crippen LogP) is 3.78. The highest BCUT2D eigenvalue weighted by molar-refractivity contribution is 6.05. The highest BCUT2D eigenvalue weighted by Gasteiger charge is 2.14. The zero-order valence-corrected chi connectivity index (χ0v) is 16.1. The summed E-state index contributed by atoms with van der Waals surface area (Å²) in [5.74, 6) is -0.000254. The minimum absolute atomic E-state index is 0.167. The van der Waals surface area contributed by atoms with E-state index in [1.165, 1.54) is 0 Å². The first-order chi connectivity index (χ1) is 14.2. The van der Waals surface area contributed by atoms with E-state index in [0.29, 0.717) is 17.9 Å². The molecule has 0 radical (unpaired) electrons. The number of nitrogens with one attached hydrogen (secondary N) is 2. The number of ether oxygens (including phenoxy) is 1. The summed E-state index contributed by atoms with van der Waals surface area (Å²) >= 11 is 0. The number of benzene rings is 3. The summed E-state index contributed by atoms with van der Waals surface area (Å²) < 4.78 is 5.16. The third-order valence-electron chi connectivity index (χ3n) is 4.25. The fraction of sp³-hybridized carbons (Fsp3) is 0.0833. The van der Waals surface area contributed by atoms with E-state index in [4.69, 9.17) is 4.74 Å². The zero-order valence-electron chi connectivity index (χ0n) is 16.1. The third-order valence-corrected chi connectivity index (χ3v) is 4.25. The maximum Gasteiger partial charge on any atom is 0.268 e. The number of carbonyl (C=O) groups excluding carboxylic acids is 2. The van der Waals surface area contributed by atoms with Gasteiger partial charge < -0.3 is 15.4 Å². The first kappa shape index (κ1) is 19.9. The molecule has 0 atom stereocenters. The largest absolute Gasteiger partial charge is 0.497 e. The predicted molar refractivity (Wildman–Crippen MR) is 113 cm³/mol. The molecule has 0 aliphatic carbocycles. The Hall–Kier alpha value is -3.86. The monoisotopic (exact) mass is 386 g/mol. The second-order valence-electron chi connectivity index (χ2n) is 6.32. The Labute approximate surface area is 170 Å². The molecule has 0 aromatic heterocycles. The van der Waals surface area contributed by atoms with E-state index in [-0.39, 0.29) is 17.5 Å². The topological polar surface area (TPSA) is 67.4 Å². The molecule has 0 aliphatic heterocycles. The van der Waals surface area contributed by atoms with Crippen molar-refractivity contribution < 1.29 is 14.3 Å². The Morgan fingerprint density at radius 1 is 0.862 bits per heavy atom. The van der Waals surface area contributed by atoms with Gasteiger partial charge in [0.15, 0.2) is 0 Å². The molecular weight excluding hydrogens is 364 g/mol. The molecular formula is C24H22N2O3.